The van der Waals surface area contributed by atoms with Crippen LogP contribution in [-0.2, 0) is 4.79 Å². The Hall–Kier alpha value is -4.20. The molecule has 3 aromatic rings. The maximum Gasteiger partial charge on any atom is 0.306 e. The lowest BCUT2D eigenvalue weighted by Gasteiger charge is -2.32. The summed E-state index contributed by atoms with van der Waals surface area (Å²) in [4.78, 5) is 51.5. The van der Waals surface area contributed by atoms with E-state index >= 15 is 0 Å². The average molecular weight is 445 g/mol. The number of carbonyl (C=O) groups excluding carboxylic acids is 2. The molecule has 33 heavy (non-hydrogen) atoms. The number of H-pyrrole nitrogens is 1. The van der Waals surface area contributed by atoms with Crippen LogP contribution in [0.3, 0.4) is 0 Å². The fourth-order valence-corrected chi connectivity index (χ4v) is 3.84. The molecule has 4 rings (SSSR count). The molecule has 4 N–H and O–H groups in total. The van der Waals surface area contributed by atoms with Gasteiger partial charge in [-0.2, -0.15) is 0 Å². The van der Waals surface area contributed by atoms with Gasteiger partial charge in [-0.1, -0.05) is 60.7 Å². The molecule has 0 radical (unpaired) electrons. The van der Waals surface area contributed by atoms with Crippen LogP contribution in [0.1, 0.15) is 50.9 Å². The second kappa shape index (κ2) is 9.52. The summed E-state index contributed by atoms with van der Waals surface area (Å²) in [5.74, 6) is -2.42. The van der Waals surface area contributed by atoms with E-state index in [2.05, 4.69) is 15.6 Å². The Morgan fingerprint density at radius 2 is 1.48 bits per heavy atom. The third-order valence-corrected chi connectivity index (χ3v) is 5.77. The summed E-state index contributed by atoms with van der Waals surface area (Å²) >= 11 is 0. The number of amides is 2. The van der Waals surface area contributed by atoms with Gasteiger partial charge in [0.25, 0.3) is 11.8 Å². The fraction of sp³-hybridized carbons (Fsp3) is 0.200. The first kappa shape index (κ1) is 22.0. The van der Waals surface area contributed by atoms with Crippen LogP contribution in [0.2, 0.25) is 0 Å². The summed E-state index contributed by atoms with van der Waals surface area (Å²) in [5, 5.41) is 14.5. The number of benzene rings is 2. The van der Waals surface area contributed by atoms with Crippen molar-refractivity contribution >= 4 is 17.8 Å². The Kier molecular flexibility index (Phi) is 6.35. The molecule has 8 heteroatoms. The van der Waals surface area contributed by atoms with Crippen LogP contribution >= 0.6 is 0 Å². The van der Waals surface area contributed by atoms with Gasteiger partial charge in [-0.05, 0) is 24.0 Å². The van der Waals surface area contributed by atoms with Crippen molar-refractivity contribution < 1.29 is 19.5 Å². The third kappa shape index (κ3) is 5.01. The number of pyridine rings is 1. The molecule has 8 nitrogen and oxygen atoms in total. The summed E-state index contributed by atoms with van der Waals surface area (Å²) in [6.07, 6.45) is 1.93. The van der Waals surface area contributed by atoms with Crippen molar-refractivity contribution in [2.45, 2.75) is 24.9 Å². The van der Waals surface area contributed by atoms with Crippen LogP contribution < -0.4 is 16.1 Å². The average Bonchev–Trinajstić information content (AvgIpc) is 2.80. The maximum atomic E-state index is 12.9. The van der Waals surface area contributed by atoms with Gasteiger partial charge < -0.3 is 20.7 Å². The molecule has 0 spiro atoms. The van der Waals surface area contributed by atoms with Crippen LogP contribution in [0.15, 0.2) is 77.7 Å². The Morgan fingerprint density at radius 3 is 2.00 bits per heavy atom. The molecule has 168 valence electrons. The molecule has 1 fully saturated rings. The second-order valence-corrected chi connectivity index (χ2v) is 8.03. The molecule has 1 aliphatic carbocycles. The van der Waals surface area contributed by atoms with E-state index in [0.717, 1.165) is 17.2 Å². The van der Waals surface area contributed by atoms with Crippen molar-refractivity contribution in [2.75, 3.05) is 0 Å². The third-order valence-electron chi connectivity index (χ3n) is 5.77. The zero-order valence-corrected chi connectivity index (χ0v) is 17.7. The minimum absolute atomic E-state index is 0.0120. The van der Waals surface area contributed by atoms with Crippen molar-refractivity contribution in [2.24, 2.45) is 5.92 Å². The summed E-state index contributed by atoms with van der Waals surface area (Å²) < 4.78 is 0. The monoisotopic (exact) mass is 445 g/mol. The molecule has 0 bridgehead atoms. The molecule has 1 aliphatic rings. The first-order chi connectivity index (χ1) is 15.9. The van der Waals surface area contributed by atoms with Crippen LogP contribution in [0.4, 0.5) is 0 Å². The number of hydrogen-bond donors (Lipinski definition) is 4. The Labute approximate surface area is 189 Å². The number of aromatic amines is 1. The molecule has 0 unspecified atom stereocenters. The molecule has 1 aromatic heterocycles. The van der Waals surface area contributed by atoms with Crippen molar-refractivity contribution in [3.05, 3.63) is 106 Å². The molecular formula is C25H23N3O5. The highest BCUT2D eigenvalue weighted by Gasteiger charge is 2.35. The summed E-state index contributed by atoms with van der Waals surface area (Å²) in [6.45, 7) is 0. The van der Waals surface area contributed by atoms with Crippen LogP contribution in [0, 0.1) is 5.92 Å². The van der Waals surface area contributed by atoms with Gasteiger partial charge in [0.05, 0.1) is 12.0 Å². The summed E-state index contributed by atoms with van der Waals surface area (Å²) in [7, 11) is 0. The normalized spacial score (nSPS) is 17.1. The predicted molar refractivity (Wildman–Crippen MR) is 121 cm³/mol. The number of carbonyl (C=O) groups is 3. The van der Waals surface area contributed by atoms with E-state index in [-0.39, 0.29) is 17.3 Å². The van der Waals surface area contributed by atoms with Gasteiger partial charge in [0.15, 0.2) is 5.43 Å². The molecule has 1 saturated carbocycles. The van der Waals surface area contributed by atoms with Crippen molar-refractivity contribution in [1.82, 2.24) is 15.6 Å². The summed E-state index contributed by atoms with van der Waals surface area (Å²) in [6, 6.07) is 19.2. The van der Waals surface area contributed by atoms with E-state index in [1.165, 1.54) is 6.20 Å². The number of hydrogen-bond acceptors (Lipinski definition) is 4. The SMILES string of the molecule is O=C(NC1CC(C(=O)O)C1)c1cc(=O)c(C(=O)NC(c2ccccc2)c2ccccc2)c[nH]1. The second-order valence-electron chi connectivity index (χ2n) is 8.03. The smallest absolute Gasteiger partial charge is 0.306 e. The molecule has 2 amide bonds. The minimum atomic E-state index is -0.881. The van der Waals surface area contributed by atoms with Crippen LogP contribution in [-0.4, -0.2) is 33.9 Å². The summed E-state index contributed by atoms with van der Waals surface area (Å²) in [5.41, 5.74) is 1.04. The maximum absolute atomic E-state index is 12.9. The lowest BCUT2D eigenvalue weighted by atomic mass is 9.80. The van der Waals surface area contributed by atoms with Gasteiger partial charge in [-0.25, -0.2) is 0 Å². The minimum Gasteiger partial charge on any atom is -0.481 e. The largest absolute Gasteiger partial charge is 0.481 e. The highest BCUT2D eigenvalue weighted by Crippen LogP contribution is 2.27. The molecular weight excluding hydrogens is 422 g/mol. The molecule has 0 aliphatic heterocycles. The van der Waals surface area contributed by atoms with Crippen molar-refractivity contribution in [3.63, 3.8) is 0 Å². The standard InChI is InChI=1S/C25H23N3O5/c29-21-13-20(24(31)27-18-11-17(12-18)25(32)33)26-14-19(21)23(30)28-22(15-7-3-1-4-8-15)16-9-5-2-6-10-16/h1-10,13-14,17-18,22H,11-12H2,(H,26,29)(H,27,31)(H,28,30)(H,32,33). The first-order valence-electron chi connectivity index (χ1n) is 10.6. The van der Waals surface area contributed by atoms with Gasteiger partial charge in [-0.3, -0.25) is 19.2 Å². The van der Waals surface area contributed by atoms with Crippen LogP contribution in [0.5, 0.6) is 0 Å². The molecule has 0 saturated heterocycles. The van der Waals surface area contributed by atoms with E-state index in [0.29, 0.717) is 12.8 Å². The number of rotatable bonds is 7. The molecule has 2 aromatic carbocycles. The first-order valence-corrected chi connectivity index (χ1v) is 10.6. The highest BCUT2D eigenvalue weighted by molar-refractivity contribution is 5.96. The number of nitrogens with one attached hydrogen (secondary N) is 3. The van der Waals surface area contributed by atoms with Gasteiger partial charge in [-0.15, -0.1) is 0 Å². The van der Waals surface area contributed by atoms with Gasteiger partial charge in [0.2, 0.25) is 0 Å². The number of carboxylic acids is 1. The van der Waals surface area contributed by atoms with E-state index < -0.39 is 35.2 Å². The fourth-order valence-electron chi connectivity index (χ4n) is 3.84. The number of carboxylic acid groups (broad SMARTS) is 1. The van der Waals surface area contributed by atoms with Gasteiger partial charge in [0, 0.05) is 18.3 Å². The molecule has 1 heterocycles. The lowest BCUT2D eigenvalue weighted by molar-refractivity contribution is -0.145. The Bertz CT molecular complexity index is 1180. The predicted octanol–water partition coefficient (Wildman–Crippen LogP) is 2.49. The Balaban J connectivity index is 1.48. The van der Waals surface area contributed by atoms with E-state index in [4.69, 9.17) is 5.11 Å². The lowest BCUT2D eigenvalue weighted by Crippen LogP contribution is -2.47. The highest BCUT2D eigenvalue weighted by atomic mass is 16.4. The van der Waals surface area contributed by atoms with Crippen molar-refractivity contribution in [3.8, 4) is 0 Å². The van der Waals surface area contributed by atoms with Crippen molar-refractivity contribution in [1.29, 1.82) is 0 Å². The Morgan fingerprint density at radius 1 is 0.909 bits per heavy atom. The molecule has 0 atom stereocenters. The van der Waals surface area contributed by atoms with E-state index in [9.17, 15) is 19.2 Å². The zero-order chi connectivity index (χ0) is 23.4. The number of aliphatic carboxylic acids is 1. The quantitative estimate of drug-likeness (QED) is 0.444. The van der Waals surface area contributed by atoms with Crippen LogP contribution in [0.25, 0.3) is 0 Å². The van der Waals surface area contributed by atoms with Gasteiger partial charge in [0.1, 0.15) is 11.3 Å². The van der Waals surface area contributed by atoms with E-state index in [1.54, 1.807) is 0 Å². The van der Waals surface area contributed by atoms with E-state index in [1.807, 2.05) is 60.7 Å². The van der Waals surface area contributed by atoms with Gasteiger partial charge >= 0.3 is 5.97 Å². The topological polar surface area (TPSA) is 128 Å². The number of aromatic nitrogens is 1. The zero-order valence-electron chi connectivity index (χ0n) is 17.7.